The molecule has 0 spiro atoms. The van der Waals surface area contributed by atoms with Crippen LogP contribution in [-0.2, 0) is 4.74 Å². The zero-order chi connectivity index (χ0) is 13.8. The first-order valence-electron chi connectivity index (χ1n) is 7.01. The van der Waals surface area contributed by atoms with Gasteiger partial charge in [0.15, 0.2) is 0 Å². The topological polar surface area (TPSA) is 39.7 Å². The van der Waals surface area contributed by atoms with Crippen molar-refractivity contribution < 1.29 is 14.2 Å². The molecule has 19 heavy (non-hydrogen) atoms. The largest absolute Gasteiger partial charge is 0.494 e. The van der Waals surface area contributed by atoms with Crippen LogP contribution >= 0.6 is 0 Å². The molecule has 0 saturated heterocycles. The molecule has 0 aliphatic rings. The third kappa shape index (κ3) is 7.70. The molecule has 4 heteroatoms. The summed E-state index contributed by atoms with van der Waals surface area (Å²) in [7, 11) is 0. The monoisotopic (exact) mass is 267 g/mol. The minimum Gasteiger partial charge on any atom is -0.494 e. The van der Waals surface area contributed by atoms with Gasteiger partial charge in [-0.15, -0.1) is 0 Å². The van der Waals surface area contributed by atoms with Gasteiger partial charge in [0.1, 0.15) is 18.1 Å². The smallest absolute Gasteiger partial charge is 0.119 e. The lowest BCUT2D eigenvalue weighted by Gasteiger charge is -2.09. The summed E-state index contributed by atoms with van der Waals surface area (Å²) in [5.74, 6) is 1.76. The van der Waals surface area contributed by atoms with E-state index in [0.29, 0.717) is 6.61 Å². The summed E-state index contributed by atoms with van der Waals surface area (Å²) in [4.78, 5) is 0. The third-order valence-corrected chi connectivity index (χ3v) is 2.47. The van der Waals surface area contributed by atoms with E-state index in [1.54, 1.807) is 0 Å². The van der Waals surface area contributed by atoms with Crippen molar-refractivity contribution in [2.45, 2.75) is 20.3 Å². The van der Waals surface area contributed by atoms with E-state index in [1.807, 2.05) is 31.2 Å². The first-order chi connectivity index (χ1) is 9.36. The molecular formula is C15H25NO3. The van der Waals surface area contributed by atoms with Gasteiger partial charge in [-0.25, -0.2) is 0 Å². The summed E-state index contributed by atoms with van der Waals surface area (Å²) in [6, 6.07) is 7.75. The van der Waals surface area contributed by atoms with Crippen LogP contribution in [0.25, 0.3) is 0 Å². The Hall–Kier alpha value is -1.26. The standard InChI is InChI=1S/C15H25NO3/c1-3-11-18-14-5-7-15(8-6-14)19-13-10-16-9-12-17-4-2/h5-8,16H,3-4,9-13H2,1-2H3. The summed E-state index contributed by atoms with van der Waals surface area (Å²) in [6.07, 6.45) is 1.02. The van der Waals surface area contributed by atoms with E-state index in [9.17, 15) is 0 Å². The molecule has 0 saturated carbocycles. The van der Waals surface area contributed by atoms with Crippen molar-refractivity contribution in [2.75, 3.05) is 39.5 Å². The van der Waals surface area contributed by atoms with Gasteiger partial charge >= 0.3 is 0 Å². The third-order valence-electron chi connectivity index (χ3n) is 2.47. The highest BCUT2D eigenvalue weighted by atomic mass is 16.5. The van der Waals surface area contributed by atoms with E-state index in [0.717, 1.165) is 50.8 Å². The van der Waals surface area contributed by atoms with Gasteiger partial charge in [0.2, 0.25) is 0 Å². The van der Waals surface area contributed by atoms with Gasteiger partial charge in [-0.1, -0.05) is 6.92 Å². The number of ether oxygens (including phenoxy) is 3. The van der Waals surface area contributed by atoms with Crippen molar-refractivity contribution in [1.82, 2.24) is 5.32 Å². The first-order valence-corrected chi connectivity index (χ1v) is 7.01. The first kappa shape index (κ1) is 15.8. The lowest BCUT2D eigenvalue weighted by molar-refractivity contribution is 0.148. The van der Waals surface area contributed by atoms with Crippen LogP contribution in [0.3, 0.4) is 0 Å². The molecule has 0 fully saturated rings. The van der Waals surface area contributed by atoms with Crippen molar-refractivity contribution in [3.05, 3.63) is 24.3 Å². The Morgan fingerprint density at radius 3 is 2.00 bits per heavy atom. The van der Waals surface area contributed by atoms with Gasteiger partial charge < -0.3 is 19.5 Å². The minimum absolute atomic E-state index is 0.654. The Bertz CT molecular complexity index is 314. The SMILES string of the molecule is CCCOc1ccc(OCCNCCOCC)cc1. The Labute approximate surface area is 116 Å². The number of nitrogens with one attached hydrogen (secondary N) is 1. The summed E-state index contributed by atoms with van der Waals surface area (Å²) in [5.41, 5.74) is 0. The molecule has 0 heterocycles. The number of benzene rings is 1. The molecule has 1 aromatic carbocycles. The average Bonchev–Trinajstić information content (AvgIpc) is 2.45. The van der Waals surface area contributed by atoms with E-state index in [4.69, 9.17) is 14.2 Å². The molecule has 0 aliphatic carbocycles. The van der Waals surface area contributed by atoms with E-state index in [1.165, 1.54) is 0 Å². The predicted molar refractivity (Wildman–Crippen MR) is 77.1 cm³/mol. The maximum atomic E-state index is 5.61. The van der Waals surface area contributed by atoms with Crippen LogP contribution < -0.4 is 14.8 Å². The number of hydrogen-bond donors (Lipinski definition) is 1. The summed E-state index contributed by atoms with van der Waals surface area (Å²) in [5, 5.41) is 3.26. The Kier molecular flexibility index (Phi) is 8.85. The summed E-state index contributed by atoms with van der Waals surface area (Å²) in [6.45, 7) is 8.70. The second-order valence-corrected chi connectivity index (χ2v) is 4.12. The van der Waals surface area contributed by atoms with Gasteiger partial charge in [0.25, 0.3) is 0 Å². The molecule has 0 aromatic heterocycles. The van der Waals surface area contributed by atoms with E-state index in [2.05, 4.69) is 12.2 Å². The van der Waals surface area contributed by atoms with Crippen LogP contribution in [0.2, 0.25) is 0 Å². The second-order valence-electron chi connectivity index (χ2n) is 4.12. The van der Waals surface area contributed by atoms with Crippen LogP contribution in [0.4, 0.5) is 0 Å². The van der Waals surface area contributed by atoms with E-state index < -0.39 is 0 Å². The molecule has 1 N–H and O–H groups in total. The minimum atomic E-state index is 0.654. The molecule has 4 nitrogen and oxygen atoms in total. The fourth-order valence-corrected chi connectivity index (χ4v) is 1.51. The summed E-state index contributed by atoms with van der Waals surface area (Å²) >= 11 is 0. The molecular weight excluding hydrogens is 242 g/mol. The average molecular weight is 267 g/mol. The van der Waals surface area contributed by atoms with Crippen LogP contribution in [0.1, 0.15) is 20.3 Å². The highest BCUT2D eigenvalue weighted by Crippen LogP contribution is 2.17. The molecule has 0 radical (unpaired) electrons. The molecule has 1 aromatic rings. The zero-order valence-electron chi connectivity index (χ0n) is 12.0. The normalized spacial score (nSPS) is 10.4. The van der Waals surface area contributed by atoms with Gasteiger partial charge in [-0.2, -0.15) is 0 Å². The summed E-state index contributed by atoms with van der Waals surface area (Å²) < 4.78 is 16.3. The fraction of sp³-hybridized carbons (Fsp3) is 0.600. The Morgan fingerprint density at radius 1 is 0.842 bits per heavy atom. The van der Waals surface area contributed by atoms with Gasteiger partial charge in [-0.05, 0) is 37.6 Å². The van der Waals surface area contributed by atoms with Gasteiger partial charge in [0, 0.05) is 19.7 Å². The maximum Gasteiger partial charge on any atom is 0.119 e. The van der Waals surface area contributed by atoms with Crippen LogP contribution in [0.5, 0.6) is 11.5 Å². The van der Waals surface area contributed by atoms with Crippen molar-refractivity contribution in [1.29, 1.82) is 0 Å². The molecule has 0 bridgehead atoms. The quantitative estimate of drug-likeness (QED) is 0.625. The van der Waals surface area contributed by atoms with Crippen molar-refractivity contribution in [3.63, 3.8) is 0 Å². The highest BCUT2D eigenvalue weighted by Gasteiger charge is 1.96. The molecule has 0 unspecified atom stereocenters. The van der Waals surface area contributed by atoms with E-state index >= 15 is 0 Å². The van der Waals surface area contributed by atoms with E-state index in [-0.39, 0.29) is 0 Å². The highest BCUT2D eigenvalue weighted by molar-refractivity contribution is 5.31. The van der Waals surface area contributed by atoms with Gasteiger partial charge in [-0.3, -0.25) is 0 Å². The fourth-order valence-electron chi connectivity index (χ4n) is 1.51. The van der Waals surface area contributed by atoms with Crippen molar-refractivity contribution >= 4 is 0 Å². The zero-order valence-corrected chi connectivity index (χ0v) is 12.0. The molecule has 0 atom stereocenters. The molecule has 0 aliphatic heterocycles. The predicted octanol–water partition coefficient (Wildman–Crippen LogP) is 2.48. The van der Waals surface area contributed by atoms with Crippen molar-refractivity contribution in [2.24, 2.45) is 0 Å². The lowest BCUT2D eigenvalue weighted by Crippen LogP contribution is -2.24. The van der Waals surface area contributed by atoms with Crippen LogP contribution in [0, 0.1) is 0 Å². The number of rotatable bonds is 11. The second kappa shape index (κ2) is 10.6. The maximum absolute atomic E-state index is 5.61. The van der Waals surface area contributed by atoms with Gasteiger partial charge in [0.05, 0.1) is 13.2 Å². The molecule has 1 rings (SSSR count). The molecule has 0 amide bonds. The van der Waals surface area contributed by atoms with Crippen molar-refractivity contribution in [3.8, 4) is 11.5 Å². The molecule has 108 valence electrons. The number of hydrogen-bond acceptors (Lipinski definition) is 4. The Morgan fingerprint density at radius 2 is 1.42 bits per heavy atom. The lowest BCUT2D eigenvalue weighted by atomic mass is 10.3. The van der Waals surface area contributed by atoms with Crippen LogP contribution in [0.15, 0.2) is 24.3 Å². The van der Waals surface area contributed by atoms with Crippen LogP contribution in [-0.4, -0.2) is 39.5 Å². The Balaban J connectivity index is 2.09.